The van der Waals surface area contributed by atoms with E-state index in [2.05, 4.69) is 5.32 Å². The van der Waals surface area contributed by atoms with Crippen LogP contribution >= 0.6 is 0 Å². The Kier molecular flexibility index (Phi) is 4.57. The lowest BCUT2D eigenvalue weighted by Crippen LogP contribution is -2.46. The van der Waals surface area contributed by atoms with E-state index in [1.807, 2.05) is 0 Å². The fraction of sp³-hybridized carbons (Fsp3) is 0.462. The van der Waals surface area contributed by atoms with Crippen molar-refractivity contribution in [2.24, 2.45) is 0 Å². The van der Waals surface area contributed by atoms with Crippen molar-refractivity contribution in [3.8, 4) is 0 Å². The van der Waals surface area contributed by atoms with Crippen LogP contribution in [0.4, 0.5) is 13.2 Å². The molecule has 1 aromatic carbocycles. The molecule has 0 aliphatic rings. The molecule has 0 saturated carbocycles. The second-order valence-corrected chi connectivity index (χ2v) is 4.86. The number of aliphatic hydroxyl groups excluding tert-OH is 1. The summed E-state index contributed by atoms with van der Waals surface area (Å²) in [6.45, 7) is 4.12. The van der Waals surface area contributed by atoms with Gasteiger partial charge in [-0.15, -0.1) is 0 Å². The van der Waals surface area contributed by atoms with Crippen LogP contribution in [0.5, 0.6) is 0 Å². The van der Waals surface area contributed by atoms with E-state index in [0.717, 1.165) is 0 Å². The number of benzene rings is 1. The van der Waals surface area contributed by atoms with Gasteiger partial charge in [-0.3, -0.25) is 4.79 Å². The smallest absolute Gasteiger partial charge is 0.254 e. The van der Waals surface area contributed by atoms with Gasteiger partial charge in [0.25, 0.3) is 5.91 Å². The first-order valence-corrected chi connectivity index (χ1v) is 5.83. The summed E-state index contributed by atoms with van der Waals surface area (Å²) in [5.74, 6) is -4.53. The van der Waals surface area contributed by atoms with Gasteiger partial charge in [0, 0.05) is 5.56 Å². The number of carbonyl (C=O) groups excluding carboxylic acids is 1. The highest BCUT2D eigenvalue weighted by Crippen LogP contribution is 2.21. The maximum atomic E-state index is 13.9. The molecule has 0 radical (unpaired) electrons. The minimum atomic E-state index is -1.28. The molecule has 106 valence electrons. The number of rotatable bonds is 4. The Hall–Kier alpha value is -1.56. The molecule has 0 fully saturated rings. The fourth-order valence-electron chi connectivity index (χ4n) is 1.55. The summed E-state index contributed by atoms with van der Waals surface area (Å²) < 4.78 is 40.5. The molecular formula is C13H16F3NO2. The highest BCUT2D eigenvalue weighted by Gasteiger charge is 2.25. The molecule has 2 N–H and O–H groups in total. The van der Waals surface area contributed by atoms with Crippen molar-refractivity contribution in [2.45, 2.75) is 32.7 Å². The van der Waals surface area contributed by atoms with E-state index < -0.39 is 40.0 Å². The van der Waals surface area contributed by atoms with Gasteiger partial charge in [-0.1, -0.05) is 6.92 Å². The molecule has 0 aliphatic carbocycles. The van der Waals surface area contributed by atoms with E-state index in [4.69, 9.17) is 5.11 Å². The SMILES string of the molecule is CCc1c(F)c(F)cc(C(=O)NC(C)(C)CO)c1F. The van der Waals surface area contributed by atoms with Gasteiger partial charge in [-0.2, -0.15) is 0 Å². The number of carbonyl (C=O) groups is 1. The molecule has 0 atom stereocenters. The third-order valence-electron chi connectivity index (χ3n) is 2.69. The average molecular weight is 275 g/mol. The first kappa shape index (κ1) is 15.5. The van der Waals surface area contributed by atoms with Crippen LogP contribution < -0.4 is 5.32 Å². The highest BCUT2D eigenvalue weighted by atomic mass is 19.2. The molecule has 19 heavy (non-hydrogen) atoms. The third-order valence-corrected chi connectivity index (χ3v) is 2.69. The maximum absolute atomic E-state index is 13.9. The number of hydrogen-bond acceptors (Lipinski definition) is 2. The van der Waals surface area contributed by atoms with E-state index in [1.165, 1.54) is 20.8 Å². The van der Waals surface area contributed by atoms with Crippen LogP contribution in [0.3, 0.4) is 0 Å². The van der Waals surface area contributed by atoms with Crippen LogP contribution in [-0.2, 0) is 6.42 Å². The fourth-order valence-corrected chi connectivity index (χ4v) is 1.55. The van der Waals surface area contributed by atoms with Gasteiger partial charge in [0.15, 0.2) is 11.6 Å². The molecule has 0 saturated heterocycles. The second kappa shape index (κ2) is 5.61. The Morgan fingerprint density at radius 2 is 1.89 bits per heavy atom. The molecule has 0 aromatic heterocycles. The summed E-state index contributed by atoms with van der Waals surface area (Å²) >= 11 is 0. The van der Waals surface area contributed by atoms with Gasteiger partial charge >= 0.3 is 0 Å². The van der Waals surface area contributed by atoms with Crippen LogP contribution in [-0.4, -0.2) is 23.2 Å². The zero-order valence-corrected chi connectivity index (χ0v) is 11.0. The van der Waals surface area contributed by atoms with Gasteiger partial charge in [0.05, 0.1) is 17.7 Å². The van der Waals surface area contributed by atoms with Crippen LogP contribution in [0.2, 0.25) is 0 Å². The average Bonchev–Trinajstić information content (AvgIpc) is 2.34. The Morgan fingerprint density at radius 3 is 2.37 bits per heavy atom. The molecule has 3 nitrogen and oxygen atoms in total. The highest BCUT2D eigenvalue weighted by molar-refractivity contribution is 5.95. The van der Waals surface area contributed by atoms with E-state index >= 15 is 0 Å². The monoisotopic (exact) mass is 275 g/mol. The molecule has 0 aliphatic heterocycles. The minimum Gasteiger partial charge on any atom is -0.394 e. The predicted octanol–water partition coefficient (Wildman–Crippen LogP) is 2.17. The van der Waals surface area contributed by atoms with Gasteiger partial charge in [-0.25, -0.2) is 13.2 Å². The molecule has 0 bridgehead atoms. The van der Waals surface area contributed by atoms with E-state index in [9.17, 15) is 18.0 Å². The quantitative estimate of drug-likeness (QED) is 0.827. The van der Waals surface area contributed by atoms with Gasteiger partial charge in [-0.05, 0) is 26.3 Å². The Morgan fingerprint density at radius 1 is 1.32 bits per heavy atom. The van der Waals surface area contributed by atoms with E-state index in [-0.39, 0.29) is 13.0 Å². The molecule has 0 heterocycles. The first-order chi connectivity index (χ1) is 8.73. The summed E-state index contributed by atoms with van der Waals surface area (Å²) in [6, 6.07) is 0.520. The van der Waals surface area contributed by atoms with E-state index in [1.54, 1.807) is 0 Å². The number of amides is 1. The predicted molar refractivity (Wildman–Crippen MR) is 64.3 cm³/mol. The number of aliphatic hydroxyl groups is 1. The third kappa shape index (κ3) is 3.26. The van der Waals surface area contributed by atoms with E-state index in [0.29, 0.717) is 6.07 Å². The van der Waals surface area contributed by atoms with Crippen molar-refractivity contribution in [3.63, 3.8) is 0 Å². The normalized spacial score (nSPS) is 11.5. The Bertz CT molecular complexity index is 501. The van der Waals surface area contributed by atoms with Crippen molar-refractivity contribution < 1.29 is 23.1 Å². The lowest BCUT2D eigenvalue weighted by Gasteiger charge is -2.23. The summed E-state index contributed by atoms with van der Waals surface area (Å²) in [5, 5.41) is 11.4. The maximum Gasteiger partial charge on any atom is 0.254 e. The number of halogens is 3. The van der Waals surface area contributed by atoms with Gasteiger partial charge < -0.3 is 10.4 Å². The molecule has 1 rings (SSSR count). The number of hydrogen-bond donors (Lipinski definition) is 2. The van der Waals surface area contributed by atoms with Crippen LogP contribution in [0.15, 0.2) is 6.07 Å². The zero-order chi connectivity index (χ0) is 14.8. The van der Waals surface area contributed by atoms with Crippen molar-refractivity contribution in [1.82, 2.24) is 5.32 Å². The van der Waals surface area contributed by atoms with Crippen LogP contribution in [0.25, 0.3) is 0 Å². The summed E-state index contributed by atoms with van der Waals surface area (Å²) in [7, 11) is 0. The Labute approximate surface area is 109 Å². The topological polar surface area (TPSA) is 49.3 Å². The first-order valence-electron chi connectivity index (χ1n) is 5.83. The summed E-state index contributed by atoms with van der Waals surface area (Å²) in [6.07, 6.45) is -0.0703. The standard InChI is InChI=1S/C13H16F3NO2/c1-4-7-10(15)8(5-9(14)11(7)16)12(19)17-13(2,3)6-18/h5,18H,4,6H2,1-3H3,(H,17,19). The van der Waals surface area contributed by atoms with Crippen molar-refractivity contribution in [2.75, 3.05) is 6.61 Å². The summed E-state index contributed by atoms with van der Waals surface area (Å²) in [5.41, 5.74) is -2.02. The molecule has 0 unspecified atom stereocenters. The van der Waals surface area contributed by atoms with Crippen molar-refractivity contribution in [3.05, 3.63) is 34.6 Å². The molecule has 6 heteroatoms. The molecule has 1 aromatic rings. The van der Waals surface area contributed by atoms with Gasteiger partial charge in [0.2, 0.25) is 0 Å². The molecule has 1 amide bonds. The zero-order valence-electron chi connectivity index (χ0n) is 11.0. The van der Waals surface area contributed by atoms with Crippen LogP contribution in [0.1, 0.15) is 36.7 Å². The lowest BCUT2D eigenvalue weighted by atomic mass is 10.0. The number of nitrogens with one attached hydrogen (secondary N) is 1. The van der Waals surface area contributed by atoms with Crippen molar-refractivity contribution >= 4 is 5.91 Å². The summed E-state index contributed by atoms with van der Waals surface area (Å²) in [4.78, 5) is 11.8. The van der Waals surface area contributed by atoms with Crippen LogP contribution in [0, 0.1) is 17.5 Å². The Balaban J connectivity index is 3.22. The molecule has 0 spiro atoms. The van der Waals surface area contributed by atoms with Gasteiger partial charge in [0.1, 0.15) is 5.82 Å². The lowest BCUT2D eigenvalue weighted by molar-refractivity contribution is 0.0864. The molecular weight excluding hydrogens is 259 g/mol. The largest absolute Gasteiger partial charge is 0.394 e. The second-order valence-electron chi connectivity index (χ2n) is 4.86. The van der Waals surface area contributed by atoms with Crippen molar-refractivity contribution in [1.29, 1.82) is 0 Å². The minimum absolute atomic E-state index is 0.0703.